The van der Waals surface area contributed by atoms with E-state index in [4.69, 9.17) is 4.74 Å². The van der Waals surface area contributed by atoms with E-state index in [1.807, 2.05) is 52.0 Å². The van der Waals surface area contributed by atoms with Gasteiger partial charge in [0.15, 0.2) is 0 Å². The molecule has 0 atom stereocenters. The molecule has 1 nitrogen and oxygen atoms in total. The van der Waals surface area contributed by atoms with E-state index in [0.29, 0.717) is 16.9 Å². The first kappa shape index (κ1) is 20.0. The largest absolute Gasteiger partial charge is 0.495 e. The van der Waals surface area contributed by atoms with E-state index in [0.717, 1.165) is 39.4 Å². The normalized spacial score (nSPS) is 11.6. The summed E-state index contributed by atoms with van der Waals surface area (Å²) in [6, 6.07) is 13.9. The lowest BCUT2D eigenvalue weighted by molar-refractivity contribution is -0.137. The number of rotatable bonds is 3. The third-order valence-corrected chi connectivity index (χ3v) is 4.98. The molecule has 0 saturated carbocycles. The fourth-order valence-electron chi connectivity index (χ4n) is 3.51. The van der Waals surface area contributed by atoms with Crippen molar-refractivity contribution in [3.05, 3.63) is 76.3 Å². The third-order valence-electron chi connectivity index (χ3n) is 4.98. The average molecular weight is 384 g/mol. The maximum absolute atomic E-state index is 13.3. The van der Waals surface area contributed by atoms with Gasteiger partial charge in [-0.15, -0.1) is 0 Å². The standard InChI is InChI=1S/C24H23F3O/c1-14-6-7-16(3)19(10-14)21-11-15(2)12-22(23(21)28-5)20-13-18(24(25,26)27)9-8-17(20)4/h6-13H,1-5H3. The minimum atomic E-state index is -4.39. The maximum atomic E-state index is 13.3. The van der Waals surface area contributed by atoms with Crippen LogP contribution in [0.3, 0.4) is 0 Å². The number of halogens is 3. The molecular formula is C24H23F3O. The Labute approximate surface area is 163 Å². The lowest BCUT2D eigenvalue weighted by Gasteiger charge is -2.19. The highest BCUT2D eigenvalue weighted by Crippen LogP contribution is 2.43. The Kier molecular flexibility index (Phi) is 5.24. The number of aryl methyl sites for hydroxylation is 4. The lowest BCUT2D eigenvalue weighted by atomic mass is 9.90. The minimum Gasteiger partial charge on any atom is -0.495 e. The first-order valence-corrected chi connectivity index (χ1v) is 9.06. The van der Waals surface area contributed by atoms with Crippen LogP contribution in [0.25, 0.3) is 22.3 Å². The van der Waals surface area contributed by atoms with Crippen molar-refractivity contribution < 1.29 is 17.9 Å². The SMILES string of the molecule is COc1c(-c2cc(C)ccc2C)cc(C)cc1-c1cc(C(F)(F)F)ccc1C. The number of hydrogen-bond donors (Lipinski definition) is 0. The molecule has 0 bridgehead atoms. The van der Waals surface area contributed by atoms with Gasteiger partial charge in [-0.25, -0.2) is 0 Å². The van der Waals surface area contributed by atoms with Crippen LogP contribution >= 0.6 is 0 Å². The smallest absolute Gasteiger partial charge is 0.416 e. The second-order valence-electron chi connectivity index (χ2n) is 7.24. The zero-order valence-corrected chi connectivity index (χ0v) is 16.7. The van der Waals surface area contributed by atoms with E-state index in [-0.39, 0.29) is 0 Å². The summed E-state index contributed by atoms with van der Waals surface area (Å²) < 4.78 is 45.6. The molecule has 0 radical (unpaired) electrons. The van der Waals surface area contributed by atoms with E-state index < -0.39 is 11.7 Å². The summed E-state index contributed by atoms with van der Waals surface area (Å²) in [6.07, 6.45) is -4.39. The molecule has 0 spiro atoms. The number of ether oxygens (including phenoxy) is 1. The summed E-state index contributed by atoms with van der Waals surface area (Å²) in [5, 5.41) is 0. The predicted molar refractivity (Wildman–Crippen MR) is 108 cm³/mol. The molecule has 3 rings (SSSR count). The molecule has 4 heteroatoms. The number of alkyl halides is 3. The van der Waals surface area contributed by atoms with Gasteiger partial charge in [0.2, 0.25) is 0 Å². The van der Waals surface area contributed by atoms with E-state index >= 15 is 0 Å². The highest BCUT2D eigenvalue weighted by atomic mass is 19.4. The molecular weight excluding hydrogens is 361 g/mol. The summed E-state index contributed by atoms with van der Waals surface area (Å²) in [7, 11) is 1.56. The molecule has 0 amide bonds. The topological polar surface area (TPSA) is 9.23 Å². The summed E-state index contributed by atoms with van der Waals surface area (Å²) in [5.41, 5.74) is 6.37. The molecule has 3 aromatic carbocycles. The Balaban J connectivity index is 2.33. The van der Waals surface area contributed by atoms with Gasteiger partial charge in [-0.1, -0.05) is 29.8 Å². The van der Waals surface area contributed by atoms with Crippen LogP contribution in [0.15, 0.2) is 48.5 Å². The van der Waals surface area contributed by atoms with Crippen LogP contribution in [0.4, 0.5) is 13.2 Å². The molecule has 0 heterocycles. The van der Waals surface area contributed by atoms with Crippen LogP contribution in [0.2, 0.25) is 0 Å². The van der Waals surface area contributed by atoms with Gasteiger partial charge in [0.1, 0.15) is 5.75 Å². The first-order valence-electron chi connectivity index (χ1n) is 9.06. The van der Waals surface area contributed by atoms with Crippen molar-refractivity contribution in [1.29, 1.82) is 0 Å². The number of methoxy groups -OCH3 is 1. The second kappa shape index (κ2) is 7.34. The van der Waals surface area contributed by atoms with Gasteiger partial charge in [0, 0.05) is 11.1 Å². The predicted octanol–water partition coefficient (Wildman–Crippen LogP) is 7.28. The van der Waals surface area contributed by atoms with E-state index in [1.165, 1.54) is 12.1 Å². The third kappa shape index (κ3) is 3.77. The molecule has 146 valence electrons. The van der Waals surface area contributed by atoms with Gasteiger partial charge in [0.05, 0.1) is 12.7 Å². The van der Waals surface area contributed by atoms with Crippen LogP contribution in [-0.2, 0) is 6.18 Å². The molecule has 0 unspecified atom stereocenters. The second-order valence-corrected chi connectivity index (χ2v) is 7.24. The van der Waals surface area contributed by atoms with Crippen molar-refractivity contribution in [2.45, 2.75) is 33.9 Å². The maximum Gasteiger partial charge on any atom is 0.416 e. The quantitative estimate of drug-likeness (QED) is 0.461. The molecule has 28 heavy (non-hydrogen) atoms. The minimum absolute atomic E-state index is 0.530. The van der Waals surface area contributed by atoms with Gasteiger partial charge in [-0.3, -0.25) is 0 Å². The Hall–Kier alpha value is -2.75. The molecule has 0 aliphatic heterocycles. The van der Waals surface area contributed by atoms with Crippen molar-refractivity contribution in [3.8, 4) is 28.0 Å². The fourth-order valence-corrected chi connectivity index (χ4v) is 3.51. The van der Waals surface area contributed by atoms with Crippen molar-refractivity contribution in [1.82, 2.24) is 0 Å². The zero-order valence-electron chi connectivity index (χ0n) is 16.7. The van der Waals surface area contributed by atoms with E-state index in [2.05, 4.69) is 6.07 Å². The molecule has 0 aromatic heterocycles. The molecule has 0 fully saturated rings. The zero-order chi connectivity index (χ0) is 20.6. The highest BCUT2D eigenvalue weighted by Gasteiger charge is 2.31. The Morgan fingerprint density at radius 2 is 1.14 bits per heavy atom. The highest BCUT2D eigenvalue weighted by molar-refractivity contribution is 5.86. The van der Waals surface area contributed by atoms with Crippen LogP contribution < -0.4 is 4.74 Å². The summed E-state index contributed by atoms with van der Waals surface area (Å²) in [5.74, 6) is 0.585. The van der Waals surface area contributed by atoms with Crippen molar-refractivity contribution in [2.75, 3.05) is 7.11 Å². The van der Waals surface area contributed by atoms with E-state index in [9.17, 15) is 13.2 Å². The van der Waals surface area contributed by atoms with Gasteiger partial charge >= 0.3 is 6.18 Å². The molecule has 0 saturated heterocycles. The van der Waals surface area contributed by atoms with Crippen molar-refractivity contribution in [3.63, 3.8) is 0 Å². The van der Waals surface area contributed by atoms with E-state index in [1.54, 1.807) is 7.11 Å². The Morgan fingerprint density at radius 3 is 1.68 bits per heavy atom. The van der Waals surface area contributed by atoms with Gasteiger partial charge < -0.3 is 4.74 Å². The lowest BCUT2D eigenvalue weighted by Crippen LogP contribution is -2.05. The molecule has 0 aliphatic carbocycles. The number of benzene rings is 3. The van der Waals surface area contributed by atoms with Crippen molar-refractivity contribution in [2.24, 2.45) is 0 Å². The van der Waals surface area contributed by atoms with Crippen LogP contribution in [-0.4, -0.2) is 7.11 Å². The molecule has 3 aromatic rings. The molecule has 0 aliphatic rings. The van der Waals surface area contributed by atoms with Crippen LogP contribution in [0.5, 0.6) is 5.75 Å². The number of hydrogen-bond acceptors (Lipinski definition) is 1. The van der Waals surface area contributed by atoms with Gasteiger partial charge in [-0.05, 0) is 79.8 Å². The summed E-state index contributed by atoms with van der Waals surface area (Å²) >= 11 is 0. The Morgan fingerprint density at radius 1 is 0.643 bits per heavy atom. The van der Waals surface area contributed by atoms with Gasteiger partial charge in [-0.2, -0.15) is 13.2 Å². The van der Waals surface area contributed by atoms with Gasteiger partial charge in [0.25, 0.3) is 0 Å². The van der Waals surface area contributed by atoms with Crippen molar-refractivity contribution >= 4 is 0 Å². The summed E-state index contributed by atoms with van der Waals surface area (Å²) in [6.45, 7) is 7.80. The first-order chi connectivity index (χ1) is 13.1. The van der Waals surface area contributed by atoms with Crippen LogP contribution in [0.1, 0.15) is 27.8 Å². The van der Waals surface area contributed by atoms with Crippen LogP contribution in [0, 0.1) is 27.7 Å². The monoisotopic (exact) mass is 384 g/mol. The molecule has 0 N–H and O–H groups in total. The summed E-state index contributed by atoms with van der Waals surface area (Å²) in [4.78, 5) is 0. The average Bonchev–Trinajstić information content (AvgIpc) is 2.62. The Bertz CT molecular complexity index is 1030. The fraction of sp³-hybridized carbons (Fsp3) is 0.250.